The van der Waals surface area contributed by atoms with E-state index in [9.17, 15) is 0 Å². The summed E-state index contributed by atoms with van der Waals surface area (Å²) in [6, 6.07) is 20.6. The molecule has 0 saturated heterocycles. The number of hydrogen-bond acceptors (Lipinski definition) is 4. The summed E-state index contributed by atoms with van der Waals surface area (Å²) in [4.78, 5) is 15.8. The van der Waals surface area contributed by atoms with Crippen molar-refractivity contribution in [3.8, 4) is 0 Å². The van der Waals surface area contributed by atoms with E-state index in [2.05, 4.69) is 49.5 Å². The molecule has 0 radical (unpaired) electrons. The molecule has 0 saturated carbocycles. The minimum absolute atomic E-state index is 0.00111. The number of nitrogens with one attached hydrogen (secondary N) is 2. The average Bonchev–Trinajstić information content (AvgIpc) is 3.11. The lowest BCUT2D eigenvalue weighted by Gasteiger charge is -2.20. The van der Waals surface area contributed by atoms with E-state index in [0.717, 1.165) is 11.3 Å². The molecule has 0 aliphatic heterocycles. The van der Waals surface area contributed by atoms with Gasteiger partial charge in [0.25, 0.3) is 0 Å². The van der Waals surface area contributed by atoms with Crippen molar-refractivity contribution in [1.29, 1.82) is 0 Å². The highest BCUT2D eigenvalue weighted by molar-refractivity contribution is 5.82. The number of benzene rings is 2. The molecule has 112 valence electrons. The van der Waals surface area contributed by atoms with Crippen molar-refractivity contribution in [3.63, 3.8) is 0 Å². The van der Waals surface area contributed by atoms with E-state index < -0.39 is 0 Å². The monoisotopic (exact) mass is 301 g/mol. The summed E-state index contributed by atoms with van der Waals surface area (Å²) in [6.07, 6.45) is 3.16. The van der Waals surface area contributed by atoms with Gasteiger partial charge in [-0.15, -0.1) is 0 Å². The summed E-state index contributed by atoms with van der Waals surface area (Å²) < 4.78 is 0. The lowest BCUT2D eigenvalue weighted by Crippen LogP contribution is -2.13. The Labute approximate surface area is 133 Å². The molecular formula is C18H15N5. The van der Waals surface area contributed by atoms with E-state index in [4.69, 9.17) is 0 Å². The maximum Gasteiger partial charge on any atom is 0.182 e. The molecule has 0 spiro atoms. The van der Waals surface area contributed by atoms with Gasteiger partial charge >= 0.3 is 0 Å². The number of hydrogen-bond donors (Lipinski definition) is 2. The number of H-pyrrole nitrogens is 1. The Balaban J connectivity index is 1.79. The second-order valence-electron chi connectivity index (χ2n) is 5.22. The first-order valence-corrected chi connectivity index (χ1v) is 7.42. The topological polar surface area (TPSA) is 66.5 Å². The molecule has 0 aliphatic carbocycles. The molecule has 0 aliphatic rings. The van der Waals surface area contributed by atoms with Crippen LogP contribution >= 0.6 is 0 Å². The van der Waals surface area contributed by atoms with Crippen molar-refractivity contribution in [2.45, 2.75) is 6.04 Å². The second-order valence-corrected chi connectivity index (χ2v) is 5.22. The molecule has 2 heterocycles. The molecule has 4 rings (SSSR count). The van der Waals surface area contributed by atoms with E-state index in [-0.39, 0.29) is 6.04 Å². The quantitative estimate of drug-likeness (QED) is 0.605. The summed E-state index contributed by atoms with van der Waals surface area (Å²) in [5.74, 6) is 0.741. The van der Waals surface area contributed by atoms with Crippen molar-refractivity contribution in [2.24, 2.45) is 0 Å². The zero-order valence-corrected chi connectivity index (χ0v) is 12.3. The van der Waals surface area contributed by atoms with Crippen molar-refractivity contribution in [2.75, 3.05) is 5.32 Å². The van der Waals surface area contributed by atoms with Crippen LogP contribution in [0.4, 0.5) is 5.82 Å². The van der Waals surface area contributed by atoms with Gasteiger partial charge < -0.3 is 10.3 Å². The fourth-order valence-corrected chi connectivity index (χ4v) is 2.66. The maximum atomic E-state index is 4.38. The number of fused-ring (bicyclic) bond motifs is 1. The van der Waals surface area contributed by atoms with Crippen LogP contribution in [0, 0.1) is 0 Å². The van der Waals surface area contributed by atoms with Crippen molar-refractivity contribution >= 4 is 17.0 Å². The summed E-state index contributed by atoms with van der Waals surface area (Å²) in [5.41, 5.74) is 3.81. The highest BCUT2D eigenvalue weighted by Crippen LogP contribution is 2.27. The normalized spacial score (nSPS) is 11.0. The number of imidazole rings is 1. The van der Waals surface area contributed by atoms with Gasteiger partial charge in [0.2, 0.25) is 0 Å². The average molecular weight is 301 g/mol. The van der Waals surface area contributed by atoms with Gasteiger partial charge in [-0.2, -0.15) is 0 Å². The van der Waals surface area contributed by atoms with E-state index in [1.54, 1.807) is 6.33 Å². The van der Waals surface area contributed by atoms with Gasteiger partial charge in [0.05, 0.1) is 12.4 Å². The molecule has 0 bridgehead atoms. The van der Waals surface area contributed by atoms with Gasteiger partial charge in [0.15, 0.2) is 11.5 Å². The molecule has 2 N–H and O–H groups in total. The first kappa shape index (κ1) is 13.5. The van der Waals surface area contributed by atoms with Crippen LogP contribution in [-0.2, 0) is 0 Å². The third kappa shape index (κ3) is 2.64. The molecule has 23 heavy (non-hydrogen) atoms. The van der Waals surface area contributed by atoms with E-state index in [1.165, 1.54) is 17.5 Å². The lowest BCUT2D eigenvalue weighted by atomic mass is 9.99. The molecular weight excluding hydrogens is 286 g/mol. The van der Waals surface area contributed by atoms with Crippen LogP contribution in [-0.4, -0.2) is 19.9 Å². The third-order valence-corrected chi connectivity index (χ3v) is 3.77. The summed E-state index contributed by atoms with van der Waals surface area (Å²) in [5, 5.41) is 3.52. The van der Waals surface area contributed by atoms with Gasteiger partial charge in [-0.05, 0) is 11.1 Å². The maximum absolute atomic E-state index is 4.38. The van der Waals surface area contributed by atoms with E-state index in [0.29, 0.717) is 5.65 Å². The zero-order chi connectivity index (χ0) is 15.5. The van der Waals surface area contributed by atoms with Crippen molar-refractivity contribution in [3.05, 3.63) is 84.4 Å². The zero-order valence-electron chi connectivity index (χ0n) is 12.3. The molecule has 2 aromatic carbocycles. The number of anilines is 1. The molecule has 5 nitrogen and oxygen atoms in total. The minimum atomic E-state index is -0.00111. The predicted molar refractivity (Wildman–Crippen MR) is 90.0 cm³/mol. The number of nitrogens with zero attached hydrogens (tertiary/aromatic N) is 3. The van der Waals surface area contributed by atoms with Gasteiger partial charge in [0, 0.05) is 0 Å². The fourth-order valence-electron chi connectivity index (χ4n) is 2.66. The molecule has 0 amide bonds. The summed E-state index contributed by atoms with van der Waals surface area (Å²) >= 11 is 0. The fraction of sp³-hybridized carbons (Fsp3) is 0.0556. The summed E-state index contributed by atoms with van der Waals surface area (Å²) in [6.45, 7) is 0. The van der Waals surface area contributed by atoms with Gasteiger partial charge in [-0.25, -0.2) is 15.0 Å². The molecule has 5 heteroatoms. The van der Waals surface area contributed by atoms with Crippen molar-refractivity contribution < 1.29 is 0 Å². The Hall–Kier alpha value is -3.21. The molecule has 0 fully saturated rings. The van der Waals surface area contributed by atoms with Crippen LogP contribution in [0.5, 0.6) is 0 Å². The van der Waals surface area contributed by atoms with Crippen molar-refractivity contribution in [1.82, 2.24) is 19.9 Å². The lowest BCUT2D eigenvalue weighted by molar-refractivity contribution is 0.926. The standard InChI is InChI=1S/C18H15N5/c1-3-7-13(8-4-1)15(14-9-5-2-6-10-14)23-18-16-17(20-11-19-16)21-12-22-18/h1-12,15H,(H2,19,20,21,22,23). The highest BCUT2D eigenvalue weighted by atomic mass is 15.1. The predicted octanol–water partition coefficient (Wildman–Crippen LogP) is 3.55. The number of aromatic amines is 1. The SMILES string of the molecule is c1ccc(C(Nc2ncnc3nc[nH]c23)c2ccccc2)cc1. The van der Waals surface area contributed by atoms with Crippen LogP contribution in [0.25, 0.3) is 11.2 Å². The summed E-state index contributed by atoms with van der Waals surface area (Å²) in [7, 11) is 0. The van der Waals surface area contributed by atoms with Gasteiger partial charge in [-0.3, -0.25) is 0 Å². The second kappa shape index (κ2) is 5.88. The first-order chi connectivity index (χ1) is 11.4. The Morgan fingerprint density at radius 2 is 1.43 bits per heavy atom. The minimum Gasteiger partial charge on any atom is -0.357 e. The number of aromatic nitrogens is 4. The first-order valence-electron chi connectivity index (χ1n) is 7.42. The molecule has 0 atom stereocenters. The van der Waals surface area contributed by atoms with Crippen LogP contribution in [0.1, 0.15) is 17.2 Å². The highest BCUT2D eigenvalue weighted by Gasteiger charge is 2.16. The Kier molecular flexibility index (Phi) is 3.44. The van der Waals surface area contributed by atoms with Crippen LogP contribution in [0.2, 0.25) is 0 Å². The van der Waals surface area contributed by atoms with Crippen LogP contribution < -0.4 is 5.32 Å². The van der Waals surface area contributed by atoms with E-state index in [1.807, 2.05) is 36.4 Å². The Morgan fingerprint density at radius 1 is 0.783 bits per heavy atom. The molecule has 2 aromatic heterocycles. The van der Waals surface area contributed by atoms with Crippen LogP contribution in [0.15, 0.2) is 73.3 Å². The smallest absolute Gasteiger partial charge is 0.182 e. The van der Waals surface area contributed by atoms with Gasteiger partial charge in [-0.1, -0.05) is 60.7 Å². The third-order valence-electron chi connectivity index (χ3n) is 3.77. The van der Waals surface area contributed by atoms with E-state index >= 15 is 0 Å². The van der Waals surface area contributed by atoms with Gasteiger partial charge in [0.1, 0.15) is 11.8 Å². The Bertz CT molecular complexity index is 863. The molecule has 0 unspecified atom stereocenters. The molecule has 4 aromatic rings. The Morgan fingerprint density at radius 3 is 2.09 bits per heavy atom. The van der Waals surface area contributed by atoms with Crippen LogP contribution in [0.3, 0.4) is 0 Å². The number of rotatable bonds is 4. The largest absolute Gasteiger partial charge is 0.357 e.